The van der Waals surface area contributed by atoms with E-state index >= 15 is 8.78 Å². The topological polar surface area (TPSA) is 18.5 Å². The largest absolute Gasteiger partial charge is 0.491 e. The molecule has 35 heavy (non-hydrogen) atoms. The van der Waals surface area contributed by atoms with Crippen LogP contribution in [0.2, 0.25) is 0 Å². The molecule has 0 heterocycles. The molecule has 6 heteroatoms. The molecule has 0 amide bonds. The van der Waals surface area contributed by atoms with Crippen LogP contribution in [0.3, 0.4) is 0 Å². The minimum atomic E-state index is -2.18. The highest BCUT2D eigenvalue weighted by Crippen LogP contribution is 2.47. The van der Waals surface area contributed by atoms with Crippen LogP contribution in [0.5, 0.6) is 5.75 Å². The summed E-state index contributed by atoms with van der Waals surface area (Å²) in [6, 6.07) is 2.51. The number of halogens is 4. The summed E-state index contributed by atoms with van der Waals surface area (Å²) in [7, 11) is 0. The molecule has 3 aliphatic rings. The Morgan fingerprint density at radius 3 is 2.29 bits per heavy atom. The summed E-state index contributed by atoms with van der Waals surface area (Å²) in [5.74, 6) is -1.19. The van der Waals surface area contributed by atoms with Gasteiger partial charge in [-0.25, -0.2) is 13.2 Å². The Balaban J connectivity index is 1.39. The summed E-state index contributed by atoms with van der Waals surface area (Å²) >= 11 is 0. The second-order valence-corrected chi connectivity index (χ2v) is 10.8. The Hall–Kier alpha value is -1.98. The average Bonchev–Trinajstić information content (AvgIpc) is 2.85. The van der Waals surface area contributed by atoms with E-state index < -0.39 is 29.0 Å². The summed E-state index contributed by atoms with van der Waals surface area (Å²) in [4.78, 5) is 0. The Morgan fingerprint density at radius 2 is 1.60 bits per heavy atom. The fraction of sp³-hybridized carbons (Fsp3) is 0.655. The van der Waals surface area contributed by atoms with Crippen molar-refractivity contribution >= 4 is 0 Å². The van der Waals surface area contributed by atoms with E-state index in [0.29, 0.717) is 18.4 Å². The minimum Gasteiger partial charge on any atom is -0.491 e. The molecule has 2 nitrogen and oxygen atoms in total. The highest BCUT2D eigenvalue weighted by molar-refractivity contribution is 5.44. The van der Waals surface area contributed by atoms with Crippen LogP contribution in [0.25, 0.3) is 0 Å². The van der Waals surface area contributed by atoms with Gasteiger partial charge in [-0.2, -0.15) is 4.39 Å². The van der Waals surface area contributed by atoms with Crippen molar-refractivity contribution in [3.63, 3.8) is 0 Å². The van der Waals surface area contributed by atoms with E-state index in [0.717, 1.165) is 24.7 Å². The van der Waals surface area contributed by atoms with Crippen LogP contribution in [0.4, 0.5) is 17.6 Å². The number of alkyl halides is 1. The van der Waals surface area contributed by atoms with Crippen molar-refractivity contribution in [2.75, 3.05) is 13.2 Å². The third-order valence-corrected chi connectivity index (χ3v) is 8.49. The molecule has 0 aromatic heterocycles. The van der Waals surface area contributed by atoms with Crippen LogP contribution in [0.1, 0.15) is 77.7 Å². The van der Waals surface area contributed by atoms with Crippen molar-refractivity contribution in [3.05, 3.63) is 53.1 Å². The van der Waals surface area contributed by atoms with Crippen molar-refractivity contribution in [1.82, 2.24) is 0 Å². The first-order chi connectivity index (χ1) is 16.8. The summed E-state index contributed by atoms with van der Waals surface area (Å²) < 4.78 is 70.4. The van der Waals surface area contributed by atoms with Crippen molar-refractivity contribution in [3.8, 4) is 5.75 Å². The van der Waals surface area contributed by atoms with Gasteiger partial charge in [0.05, 0.1) is 18.6 Å². The number of benzene rings is 1. The van der Waals surface area contributed by atoms with Crippen LogP contribution >= 0.6 is 0 Å². The molecule has 0 spiro atoms. The maximum Gasteiger partial charge on any atom is 0.200 e. The maximum absolute atomic E-state index is 15.3. The molecule has 4 rings (SSSR count). The van der Waals surface area contributed by atoms with Gasteiger partial charge in [0.1, 0.15) is 0 Å². The fourth-order valence-corrected chi connectivity index (χ4v) is 6.47. The van der Waals surface area contributed by atoms with E-state index in [1.54, 1.807) is 6.92 Å². The monoisotopic (exact) mass is 494 g/mol. The lowest BCUT2D eigenvalue weighted by Crippen LogP contribution is -2.36. The van der Waals surface area contributed by atoms with E-state index in [4.69, 9.17) is 9.47 Å². The van der Waals surface area contributed by atoms with Gasteiger partial charge in [0.15, 0.2) is 29.3 Å². The molecule has 0 radical (unpaired) electrons. The van der Waals surface area contributed by atoms with Crippen molar-refractivity contribution in [2.45, 2.75) is 83.7 Å². The molecule has 6 atom stereocenters. The molecule has 0 N–H and O–H groups in total. The third kappa shape index (κ3) is 5.27. The first-order valence-electron chi connectivity index (χ1n) is 13.2. The Kier molecular flexibility index (Phi) is 8.17. The van der Waals surface area contributed by atoms with E-state index in [1.165, 1.54) is 69.7 Å². The Morgan fingerprint density at radius 1 is 0.914 bits per heavy atom. The maximum atomic E-state index is 15.3. The second kappa shape index (κ2) is 11.0. The van der Waals surface area contributed by atoms with E-state index in [1.807, 2.05) is 0 Å². The van der Waals surface area contributed by atoms with E-state index in [2.05, 4.69) is 6.92 Å². The summed E-state index contributed by atoms with van der Waals surface area (Å²) in [5, 5.41) is 0. The fourth-order valence-electron chi connectivity index (χ4n) is 6.47. The summed E-state index contributed by atoms with van der Waals surface area (Å²) in [6.07, 6.45) is 10.3. The summed E-state index contributed by atoms with van der Waals surface area (Å²) in [6.45, 7) is 5.78. The van der Waals surface area contributed by atoms with Gasteiger partial charge in [-0.05, 0) is 81.8 Å². The van der Waals surface area contributed by atoms with Gasteiger partial charge in [0.25, 0.3) is 0 Å². The number of hydrogen-bond donors (Lipinski definition) is 0. The zero-order valence-corrected chi connectivity index (χ0v) is 21.1. The molecule has 0 saturated heterocycles. The molecule has 1 aromatic carbocycles. The molecule has 2 fully saturated rings. The van der Waals surface area contributed by atoms with Gasteiger partial charge < -0.3 is 9.47 Å². The lowest BCUT2D eigenvalue weighted by Gasteiger charge is -2.42. The number of ether oxygens (including phenoxy) is 2. The molecule has 3 aliphatic carbocycles. The Bertz CT molecular complexity index is 958. The van der Waals surface area contributed by atoms with Gasteiger partial charge in [0, 0.05) is 5.56 Å². The predicted molar refractivity (Wildman–Crippen MR) is 130 cm³/mol. The van der Waals surface area contributed by atoms with E-state index in [9.17, 15) is 8.78 Å². The van der Waals surface area contributed by atoms with Crippen LogP contribution < -0.4 is 4.74 Å². The van der Waals surface area contributed by atoms with Crippen LogP contribution in [0.15, 0.2) is 35.9 Å². The van der Waals surface area contributed by atoms with Gasteiger partial charge in [-0.15, -0.1) is 0 Å². The van der Waals surface area contributed by atoms with Crippen LogP contribution in [0, 0.1) is 35.3 Å². The molecule has 6 unspecified atom stereocenters. The lowest BCUT2D eigenvalue weighted by atomic mass is 9.64. The van der Waals surface area contributed by atoms with Gasteiger partial charge in [-0.3, -0.25) is 0 Å². The van der Waals surface area contributed by atoms with Crippen molar-refractivity contribution < 1.29 is 27.0 Å². The van der Waals surface area contributed by atoms with Crippen LogP contribution in [-0.2, 0) is 10.2 Å². The number of allylic oxidation sites excluding steroid dienone is 3. The SMILES string of the molecule is CCCC1CCC2CC(COC3=C(F)C(F)C(C)(c4ccc(OCC)c(F)c4F)C=C3)CCC2C1. The molecule has 0 aliphatic heterocycles. The normalized spacial score (nSPS) is 32.9. The zero-order chi connectivity index (χ0) is 25.2. The predicted octanol–water partition coefficient (Wildman–Crippen LogP) is 8.36. The highest BCUT2D eigenvalue weighted by atomic mass is 19.2. The second-order valence-electron chi connectivity index (χ2n) is 10.8. The molecular weight excluding hydrogens is 456 g/mol. The Labute approximate surface area is 206 Å². The van der Waals surface area contributed by atoms with Gasteiger partial charge >= 0.3 is 0 Å². The first-order valence-corrected chi connectivity index (χ1v) is 13.2. The zero-order valence-electron chi connectivity index (χ0n) is 21.1. The standard InChI is InChI=1S/C29H38F4O2/c1-4-6-18-7-9-21-16-19(8-10-20(21)15-18)17-35-24-13-14-29(3,28(33)27(24)32)22-11-12-23(34-5-2)26(31)25(22)30/h11-14,18-21,28H,4-10,15-17H2,1-3H3. The third-order valence-electron chi connectivity index (χ3n) is 8.49. The molecule has 194 valence electrons. The van der Waals surface area contributed by atoms with Crippen molar-refractivity contribution in [1.29, 1.82) is 0 Å². The van der Waals surface area contributed by atoms with Gasteiger partial charge in [0.2, 0.25) is 5.82 Å². The number of rotatable bonds is 8. The molecule has 0 bridgehead atoms. The van der Waals surface area contributed by atoms with Gasteiger partial charge in [-0.1, -0.05) is 38.3 Å². The first kappa shape index (κ1) is 26.1. The quantitative estimate of drug-likeness (QED) is 0.338. The smallest absolute Gasteiger partial charge is 0.200 e. The van der Waals surface area contributed by atoms with Crippen molar-refractivity contribution in [2.24, 2.45) is 23.7 Å². The van der Waals surface area contributed by atoms with E-state index in [-0.39, 0.29) is 23.7 Å². The minimum absolute atomic E-state index is 0.143. The number of hydrogen-bond acceptors (Lipinski definition) is 2. The summed E-state index contributed by atoms with van der Waals surface area (Å²) in [5.41, 5.74) is -1.95. The molecular formula is C29H38F4O2. The lowest BCUT2D eigenvalue weighted by molar-refractivity contribution is 0.0570. The average molecular weight is 495 g/mol. The molecule has 1 aromatic rings. The number of fused-ring (bicyclic) bond motifs is 1. The van der Waals surface area contributed by atoms with Crippen LogP contribution in [-0.4, -0.2) is 19.4 Å². The highest BCUT2D eigenvalue weighted by Gasteiger charge is 2.44. The molecule has 2 saturated carbocycles.